The van der Waals surface area contributed by atoms with E-state index in [-0.39, 0.29) is 30.9 Å². The van der Waals surface area contributed by atoms with Crippen LogP contribution in [0.15, 0.2) is 12.1 Å². The minimum absolute atomic E-state index is 0.00846. The molecular weight excluding hydrogens is 319 g/mol. The molecular formula is C14H16F3NO3S. The fourth-order valence-electron chi connectivity index (χ4n) is 1.64. The predicted octanol–water partition coefficient (Wildman–Crippen LogP) is 3.20. The molecule has 8 heteroatoms. The predicted molar refractivity (Wildman–Crippen MR) is 78.1 cm³/mol. The van der Waals surface area contributed by atoms with Crippen molar-refractivity contribution in [3.05, 3.63) is 23.5 Å². The number of alkyl halides is 3. The number of ether oxygens (including phenoxy) is 2. The third kappa shape index (κ3) is 6.84. The molecule has 1 aromatic rings. The highest BCUT2D eigenvalue weighted by atomic mass is 32.1. The number of hydrogen-bond donors (Lipinski definition) is 0. The van der Waals surface area contributed by atoms with Crippen LogP contribution >= 0.6 is 12.2 Å². The van der Waals surface area contributed by atoms with Crippen LogP contribution in [0.2, 0.25) is 0 Å². The number of carbonyl (C=O) groups is 1. The Hall–Kier alpha value is -1.70. The van der Waals surface area contributed by atoms with Crippen molar-refractivity contribution in [2.75, 3.05) is 13.2 Å². The number of halogens is 3. The van der Waals surface area contributed by atoms with Crippen molar-refractivity contribution in [3.63, 3.8) is 0 Å². The van der Waals surface area contributed by atoms with Gasteiger partial charge in [0.1, 0.15) is 5.75 Å². The van der Waals surface area contributed by atoms with Gasteiger partial charge < -0.3 is 9.47 Å². The van der Waals surface area contributed by atoms with E-state index in [1.807, 2.05) is 0 Å². The van der Waals surface area contributed by atoms with Crippen molar-refractivity contribution < 1.29 is 27.4 Å². The summed E-state index contributed by atoms with van der Waals surface area (Å²) in [7, 11) is 0. The number of thiocarbonyl (C=S) groups is 1. The summed E-state index contributed by atoms with van der Waals surface area (Å²) in [4.78, 5) is 15.8. The molecule has 4 nitrogen and oxygen atoms in total. The van der Waals surface area contributed by atoms with Gasteiger partial charge in [0.15, 0.2) is 6.61 Å². The van der Waals surface area contributed by atoms with Gasteiger partial charge in [-0.3, -0.25) is 9.78 Å². The summed E-state index contributed by atoms with van der Waals surface area (Å²) in [6.45, 7) is 2.21. The zero-order chi connectivity index (χ0) is 16.8. The fraction of sp³-hybridized carbons (Fsp3) is 0.500. The molecule has 0 aliphatic rings. The smallest absolute Gasteiger partial charge is 0.422 e. The maximum absolute atomic E-state index is 12.2. The number of hydrogen-bond acceptors (Lipinski definition) is 5. The molecule has 122 valence electrons. The molecule has 0 spiro atoms. The Morgan fingerprint density at radius 2 is 2.05 bits per heavy atom. The lowest BCUT2D eigenvalue weighted by atomic mass is 10.1. The summed E-state index contributed by atoms with van der Waals surface area (Å²) in [5.41, 5.74) is 0.895. The zero-order valence-electron chi connectivity index (χ0n) is 12.2. The van der Waals surface area contributed by atoms with Crippen LogP contribution in [-0.2, 0) is 16.0 Å². The highest BCUT2D eigenvalue weighted by Crippen LogP contribution is 2.22. The zero-order valence-corrected chi connectivity index (χ0v) is 13.0. The standard InChI is InChI=1S/C14H16F3NO3S/c1-3-20-13(19)7-10(22)6-11-12(5-4-9(2)18-11)21-8-14(15,16)17/h4-5H,3,6-8H2,1-2H3. The number of esters is 1. The first-order valence-electron chi connectivity index (χ1n) is 6.54. The molecule has 0 fully saturated rings. The number of aryl methyl sites for hydroxylation is 1. The average molecular weight is 335 g/mol. The molecule has 1 rings (SSSR count). The molecule has 0 saturated carbocycles. The molecule has 0 bridgehead atoms. The van der Waals surface area contributed by atoms with Crippen molar-refractivity contribution in [2.45, 2.75) is 32.9 Å². The van der Waals surface area contributed by atoms with Gasteiger partial charge in [-0.15, -0.1) is 0 Å². The Balaban J connectivity index is 2.77. The van der Waals surface area contributed by atoms with Gasteiger partial charge in [0, 0.05) is 17.0 Å². The summed E-state index contributed by atoms with van der Waals surface area (Å²) < 4.78 is 46.2. The third-order valence-electron chi connectivity index (χ3n) is 2.47. The SMILES string of the molecule is CCOC(=O)CC(=S)Cc1nc(C)ccc1OCC(F)(F)F. The van der Waals surface area contributed by atoms with Crippen molar-refractivity contribution in [3.8, 4) is 5.75 Å². The largest absolute Gasteiger partial charge is 0.482 e. The summed E-state index contributed by atoms with van der Waals surface area (Å²) in [5.74, 6) is -0.466. The molecule has 0 aliphatic heterocycles. The van der Waals surface area contributed by atoms with Gasteiger partial charge in [-0.25, -0.2) is 0 Å². The summed E-state index contributed by atoms with van der Waals surface area (Å²) in [5, 5.41) is 0. The van der Waals surface area contributed by atoms with E-state index in [2.05, 4.69) is 4.98 Å². The Labute approximate surface area is 131 Å². The molecule has 0 N–H and O–H groups in total. The van der Waals surface area contributed by atoms with Crippen LogP contribution in [0.25, 0.3) is 0 Å². The van der Waals surface area contributed by atoms with Crippen molar-refractivity contribution >= 4 is 23.1 Å². The maximum Gasteiger partial charge on any atom is 0.422 e. The average Bonchev–Trinajstić information content (AvgIpc) is 2.36. The van der Waals surface area contributed by atoms with E-state index < -0.39 is 18.8 Å². The van der Waals surface area contributed by atoms with Gasteiger partial charge in [0.25, 0.3) is 0 Å². The number of rotatable bonds is 7. The van der Waals surface area contributed by atoms with Crippen molar-refractivity contribution in [2.24, 2.45) is 0 Å². The van der Waals surface area contributed by atoms with Gasteiger partial charge in [-0.2, -0.15) is 13.2 Å². The topological polar surface area (TPSA) is 48.4 Å². The lowest BCUT2D eigenvalue weighted by molar-refractivity contribution is -0.153. The molecule has 0 unspecified atom stereocenters. The first kappa shape index (κ1) is 18.3. The highest BCUT2D eigenvalue weighted by Gasteiger charge is 2.29. The fourth-order valence-corrected chi connectivity index (χ4v) is 1.89. The molecule has 0 aliphatic carbocycles. The number of pyridine rings is 1. The van der Waals surface area contributed by atoms with E-state index in [0.717, 1.165) is 0 Å². The highest BCUT2D eigenvalue weighted by molar-refractivity contribution is 7.80. The van der Waals surface area contributed by atoms with E-state index in [0.29, 0.717) is 10.6 Å². The Bertz CT molecular complexity index is 547. The van der Waals surface area contributed by atoms with Crippen LogP contribution in [-0.4, -0.2) is 35.2 Å². The second-order valence-electron chi connectivity index (χ2n) is 4.50. The first-order valence-corrected chi connectivity index (χ1v) is 6.95. The lowest BCUT2D eigenvalue weighted by Gasteiger charge is -2.13. The summed E-state index contributed by atoms with van der Waals surface area (Å²) >= 11 is 5.07. The molecule has 22 heavy (non-hydrogen) atoms. The van der Waals surface area contributed by atoms with Gasteiger partial charge in [-0.05, 0) is 26.0 Å². The molecule has 1 aromatic heterocycles. The van der Waals surface area contributed by atoms with Gasteiger partial charge in [-0.1, -0.05) is 12.2 Å². The van der Waals surface area contributed by atoms with Crippen molar-refractivity contribution in [1.29, 1.82) is 0 Å². The van der Waals surface area contributed by atoms with Gasteiger partial charge in [0.05, 0.1) is 18.7 Å². The number of nitrogens with zero attached hydrogens (tertiary/aromatic N) is 1. The van der Waals surface area contributed by atoms with E-state index >= 15 is 0 Å². The Morgan fingerprint density at radius 3 is 2.64 bits per heavy atom. The normalized spacial score (nSPS) is 11.1. The molecule has 0 amide bonds. The van der Waals surface area contributed by atoms with Crippen LogP contribution in [0.5, 0.6) is 5.75 Å². The monoisotopic (exact) mass is 335 g/mol. The molecule has 0 atom stereocenters. The van der Waals surface area contributed by atoms with Crippen LogP contribution in [0.3, 0.4) is 0 Å². The number of aromatic nitrogens is 1. The van der Waals surface area contributed by atoms with Crippen LogP contribution in [0.4, 0.5) is 13.2 Å². The molecule has 0 radical (unpaired) electrons. The minimum Gasteiger partial charge on any atom is -0.482 e. The summed E-state index contributed by atoms with van der Waals surface area (Å²) in [6, 6.07) is 2.96. The van der Waals surface area contributed by atoms with E-state index in [9.17, 15) is 18.0 Å². The summed E-state index contributed by atoms with van der Waals surface area (Å²) in [6.07, 6.45) is -4.45. The van der Waals surface area contributed by atoms with Crippen LogP contribution in [0.1, 0.15) is 24.7 Å². The first-order chi connectivity index (χ1) is 10.2. The van der Waals surface area contributed by atoms with E-state index in [4.69, 9.17) is 21.7 Å². The Kier molecular flexibility index (Phi) is 6.73. The van der Waals surface area contributed by atoms with E-state index in [1.54, 1.807) is 19.9 Å². The van der Waals surface area contributed by atoms with E-state index in [1.165, 1.54) is 6.07 Å². The maximum atomic E-state index is 12.2. The lowest BCUT2D eigenvalue weighted by Crippen LogP contribution is -2.20. The second-order valence-corrected chi connectivity index (χ2v) is 5.08. The minimum atomic E-state index is -4.44. The van der Waals surface area contributed by atoms with Crippen LogP contribution < -0.4 is 4.74 Å². The molecule has 0 aromatic carbocycles. The quantitative estimate of drug-likeness (QED) is 0.566. The second kappa shape index (κ2) is 8.07. The van der Waals surface area contributed by atoms with Gasteiger partial charge in [0.2, 0.25) is 0 Å². The number of carbonyl (C=O) groups excluding carboxylic acids is 1. The molecule has 1 heterocycles. The van der Waals surface area contributed by atoms with Crippen LogP contribution in [0, 0.1) is 6.92 Å². The Morgan fingerprint density at radius 1 is 1.36 bits per heavy atom. The van der Waals surface area contributed by atoms with Crippen molar-refractivity contribution in [1.82, 2.24) is 4.98 Å². The third-order valence-corrected chi connectivity index (χ3v) is 2.76. The van der Waals surface area contributed by atoms with Gasteiger partial charge >= 0.3 is 12.1 Å². The molecule has 0 saturated heterocycles.